The maximum absolute atomic E-state index is 13.0. The zero-order chi connectivity index (χ0) is 25.7. The largest absolute Gasteiger partial charge is 0.490 e. The van der Waals surface area contributed by atoms with E-state index in [2.05, 4.69) is 35.8 Å². The highest BCUT2D eigenvalue weighted by Gasteiger charge is 2.24. The van der Waals surface area contributed by atoms with Gasteiger partial charge in [0.15, 0.2) is 11.4 Å². The lowest BCUT2D eigenvalue weighted by Gasteiger charge is -2.07. The van der Waals surface area contributed by atoms with Crippen molar-refractivity contribution in [3.63, 3.8) is 0 Å². The highest BCUT2D eigenvalue weighted by Crippen LogP contribution is 2.28. The number of nitro groups is 1. The number of carbonyl (C=O) groups is 1. The monoisotopic (exact) mass is 509 g/mol. The van der Waals surface area contributed by atoms with E-state index in [9.17, 15) is 14.9 Å². The molecule has 4 aromatic rings. The molecule has 0 saturated carbocycles. The number of nitrogen functional groups attached to an aromatic ring is 1. The molecule has 3 N–H and O–H groups in total. The van der Waals surface area contributed by atoms with Crippen LogP contribution in [0.3, 0.4) is 0 Å². The molecule has 0 spiro atoms. The number of hydrogen-bond donors (Lipinski definition) is 2. The van der Waals surface area contributed by atoms with Gasteiger partial charge in [-0.2, -0.15) is 9.78 Å². The molecule has 2 heterocycles. The first-order valence-electron chi connectivity index (χ1n) is 10.3. The average molecular weight is 510 g/mol. The number of methoxy groups -OCH3 is 1. The second-order valence-electron chi connectivity index (χ2n) is 7.15. The van der Waals surface area contributed by atoms with Crippen LogP contribution in [0.25, 0.3) is 5.82 Å². The van der Waals surface area contributed by atoms with E-state index in [0.29, 0.717) is 22.7 Å². The Labute approximate surface area is 207 Å². The lowest BCUT2D eigenvalue weighted by Crippen LogP contribution is -2.21. The van der Waals surface area contributed by atoms with E-state index in [1.807, 2.05) is 30.3 Å². The molecule has 36 heavy (non-hydrogen) atoms. The Morgan fingerprint density at radius 3 is 2.72 bits per heavy atom. The maximum atomic E-state index is 13.0. The average Bonchev–Trinajstić information content (AvgIpc) is 3.51. The fourth-order valence-corrected chi connectivity index (χ4v) is 4.01. The van der Waals surface area contributed by atoms with Gasteiger partial charge in [-0.1, -0.05) is 23.4 Å². The summed E-state index contributed by atoms with van der Waals surface area (Å²) in [6.07, 6.45) is 0. The van der Waals surface area contributed by atoms with Crippen LogP contribution in [-0.2, 0) is 5.75 Å². The Morgan fingerprint density at radius 2 is 2.06 bits per heavy atom. The minimum atomic E-state index is -0.651. The van der Waals surface area contributed by atoms with Crippen molar-refractivity contribution in [2.75, 3.05) is 12.8 Å². The zero-order valence-corrected chi connectivity index (χ0v) is 19.8. The van der Waals surface area contributed by atoms with Crippen molar-refractivity contribution in [3.8, 4) is 11.6 Å². The van der Waals surface area contributed by atoms with Crippen LogP contribution in [0.4, 0.5) is 11.5 Å². The lowest BCUT2D eigenvalue weighted by molar-refractivity contribution is -0.385. The SMILES string of the molecule is COc1ccc(/C(C)=N/NC(=O)c2nnn(-c3nonc3N)c2CSc2ccccc2)cc1[N+](=O)[O-]. The Balaban J connectivity index is 1.60. The van der Waals surface area contributed by atoms with Crippen molar-refractivity contribution in [2.24, 2.45) is 5.10 Å². The summed E-state index contributed by atoms with van der Waals surface area (Å²) in [4.78, 5) is 24.7. The Bertz CT molecular complexity index is 1430. The predicted octanol–water partition coefficient (Wildman–Crippen LogP) is 2.60. The molecule has 0 aliphatic rings. The van der Waals surface area contributed by atoms with Gasteiger partial charge in [0.05, 0.1) is 23.4 Å². The molecule has 4 rings (SSSR count). The number of nitrogens with one attached hydrogen (secondary N) is 1. The first kappa shape index (κ1) is 24.3. The van der Waals surface area contributed by atoms with Gasteiger partial charge in [0.1, 0.15) is 0 Å². The van der Waals surface area contributed by atoms with Gasteiger partial charge >= 0.3 is 5.69 Å². The van der Waals surface area contributed by atoms with Crippen LogP contribution in [0.5, 0.6) is 5.75 Å². The standard InChI is InChI=1S/C21H19N9O5S/c1-12(13-8-9-17(34-2)15(10-13)30(32)33)23-25-21(31)18-16(11-36-14-6-4-3-5-7-14)29(28-24-18)20-19(22)26-35-27-20/h3-10H,11H2,1-2H3,(H2,22,26)(H,25,31)/b23-12+. The van der Waals surface area contributed by atoms with Crippen LogP contribution < -0.4 is 15.9 Å². The first-order valence-corrected chi connectivity index (χ1v) is 11.3. The molecule has 0 saturated heterocycles. The van der Waals surface area contributed by atoms with Crippen LogP contribution in [0.2, 0.25) is 0 Å². The normalized spacial score (nSPS) is 11.3. The molecule has 0 radical (unpaired) electrons. The second-order valence-corrected chi connectivity index (χ2v) is 8.20. The maximum Gasteiger partial charge on any atom is 0.311 e. The molecular weight excluding hydrogens is 490 g/mol. The number of thioether (sulfide) groups is 1. The van der Waals surface area contributed by atoms with E-state index in [1.54, 1.807) is 13.0 Å². The van der Waals surface area contributed by atoms with Gasteiger partial charge < -0.3 is 10.5 Å². The number of aromatic nitrogens is 5. The van der Waals surface area contributed by atoms with E-state index in [1.165, 1.54) is 35.7 Å². The van der Waals surface area contributed by atoms with Crippen LogP contribution in [0, 0.1) is 10.1 Å². The minimum Gasteiger partial charge on any atom is -0.490 e. The Hall–Kier alpha value is -4.79. The molecule has 0 aliphatic heterocycles. The van der Waals surface area contributed by atoms with Crippen molar-refractivity contribution in [2.45, 2.75) is 17.6 Å². The number of nitro benzene ring substituents is 1. The van der Waals surface area contributed by atoms with Gasteiger partial charge in [-0.3, -0.25) is 14.9 Å². The number of benzene rings is 2. The Kier molecular flexibility index (Phi) is 7.20. The molecule has 0 aliphatic carbocycles. The van der Waals surface area contributed by atoms with Gasteiger partial charge in [-0.25, -0.2) is 10.1 Å². The Morgan fingerprint density at radius 1 is 1.28 bits per heavy atom. The highest BCUT2D eigenvalue weighted by atomic mass is 32.2. The minimum absolute atomic E-state index is 0.0157. The van der Waals surface area contributed by atoms with Gasteiger partial charge in [0.25, 0.3) is 5.91 Å². The number of anilines is 1. The zero-order valence-electron chi connectivity index (χ0n) is 19.0. The van der Waals surface area contributed by atoms with E-state index in [4.69, 9.17) is 10.5 Å². The highest BCUT2D eigenvalue weighted by molar-refractivity contribution is 7.98. The molecule has 2 aromatic carbocycles. The molecule has 1 amide bonds. The molecule has 14 nitrogen and oxygen atoms in total. The molecule has 0 bridgehead atoms. The fraction of sp³-hybridized carbons (Fsp3) is 0.143. The fourth-order valence-electron chi connectivity index (χ4n) is 3.09. The molecule has 0 atom stereocenters. The summed E-state index contributed by atoms with van der Waals surface area (Å²) in [7, 11) is 1.34. The molecule has 0 unspecified atom stereocenters. The van der Waals surface area contributed by atoms with Crippen molar-refractivity contribution in [1.82, 2.24) is 30.7 Å². The van der Waals surface area contributed by atoms with Gasteiger partial charge in [-0.15, -0.1) is 16.9 Å². The summed E-state index contributed by atoms with van der Waals surface area (Å²) in [6, 6.07) is 13.9. The quantitative estimate of drug-likeness (QED) is 0.146. The summed E-state index contributed by atoms with van der Waals surface area (Å²) in [6.45, 7) is 1.59. The molecule has 184 valence electrons. The molecule has 15 heteroatoms. The van der Waals surface area contributed by atoms with Gasteiger partial charge in [-0.05, 0) is 41.5 Å². The molecule has 2 aromatic heterocycles. The number of ether oxygens (including phenoxy) is 1. The van der Waals surface area contributed by atoms with E-state index in [-0.39, 0.29) is 28.8 Å². The summed E-state index contributed by atoms with van der Waals surface area (Å²) < 4.78 is 10.9. The van der Waals surface area contributed by atoms with Crippen LogP contribution in [-0.4, -0.2) is 49.0 Å². The summed E-state index contributed by atoms with van der Waals surface area (Å²) in [5, 5.41) is 30.7. The van der Waals surface area contributed by atoms with E-state index >= 15 is 0 Å². The van der Waals surface area contributed by atoms with Crippen molar-refractivity contribution in [1.29, 1.82) is 0 Å². The third-order valence-electron chi connectivity index (χ3n) is 4.91. The molecular formula is C21H19N9O5S. The first-order chi connectivity index (χ1) is 17.4. The summed E-state index contributed by atoms with van der Waals surface area (Å²) >= 11 is 1.44. The van der Waals surface area contributed by atoms with Gasteiger partial charge in [0, 0.05) is 22.3 Å². The predicted molar refractivity (Wildman–Crippen MR) is 129 cm³/mol. The number of amides is 1. The van der Waals surface area contributed by atoms with Crippen molar-refractivity contribution in [3.05, 3.63) is 75.6 Å². The van der Waals surface area contributed by atoms with Crippen LogP contribution in [0.1, 0.15) is 28.7 Å². The topological polar surface area (TPSA) is 189 Å². The van der Waals surface area contributed by atoms with Crippen LogP contribution >= 0.6 is 11.8 Å². The number of carbonyl (C=O) groups excluding carboxylic acids is 1. The number of hydrogen-bond acceptors (Lipinski definition) is 12. The number of nitrogens with zero attached hydrogens (tertiary/aromatic N) is 7. The smallest absolute Gasteiger partial charge is 0.311 e. The third kappa shape index (κ3) is 5.15. The van der Waals surface area contributed by atoms with E-state index in [0.717, 1.165) is 4.90 Å². The second kappa shape index (κ2) is 10.6. The van der Waals surface area contributed by atoms with E-state index < -0.39 is 10.8 Å². The molecule has 0 fully saturated rings. The lowest BCUT2D eigenvalue weighted by atomic mass is 10.1. The summed E-state index contributed by atoms with van der Waals surface area (Å²) in [5.41, 5.74) is 9.12. The van der Waals surface area contributed by atoms with Crippen molar-refractivity contribution >= 4 is 34.9 Å². The summed E-state index contributed by atoms with van der Waals surface area (Å²) in [5.74, 6) is -0.177. The van der Waals surface area contributed by atoms with Gasteiger partial charge in [0.2, 0.25) is 11.6 Å². The van der Waals surface area contributed by atoms with Crippen molar-refractivity contribution < 1.29 is 19.1 Å². The number of nitrogens with two attached hydrogens (primary N) is 1. The van der Waals surface area contributed by atoms with Crippen LogP contribution in [0.15, 0.2) is 63.2 Å². The third-order valence-corrected chi connectivity index (χ3v) is 5.93. The number of hydrazone groups is 1. The number of rotatable bonds is 9.